The van der Waals surface area contributed by atoms with E-state index >= 15 is 0 Å². The number of para-hydroxylation sites is 1. The van der Waals surface area contributed by atoms with Gasteiger partial charge in [-0.3, -0.25) is 0 Å². The van der Waals surface area contributed by atoms with Gasteiger partial charge in [0.05, 0.1) is 5.69 Å². The predicted molar refractivity (Wildman–Crippen MR) is 53.2 cm³/mol. The minimum Gasteiger partial charge on any atom is -0.476 e. The molecule has 2 heteroatoms. The van der Waals surface area contributed by atoms with Crippen molar-refractivity contribution in [3.05, 3.63) is 42.5 Å². The van der Waals surface area contributed by atoms with Crippen LogP contribution in [0.25, 0.3) is 0 Å². The molecule has 2 nitrogen and oxygen atoms in total. The van der Waals surface area contributed by atoms with E-state index in [1.165, 1.54) is 0 Å². The number of rotatable bonds is 1. The molecule has 0 saturated carbocycles. The molecule has 2 rings (SSSR count). The maximum absolute atomic E-state index is 5.35. The summed E-state index contributed by atoms with van der Waals surface area (Å²) < 4.78 is 5.35. The normalized spacial score (nSPS) is 18.6. The van der Waals surface area contributed by atoms with Crippen LogP contribution in [0.4, 0.5) is 5.69 Å². The van der Waals surface area contributed by atoms with Crippen molar-refractivity contribution in [2.75, 3.05) is 6.61 Å². The molecule has 0 spiro atoms. The van der Waals surface area contributed by atoms with Crippen molar-refractivity contribution in [3.63, 3.8) is 0 Å². The van der Waals surface area contributed by atoms with Gasteiger partial charge in [0, 0.05) is 6.42 Å². The van der Waals surface area contributed by atoms with E-state index in [0.717, 1.165) is 18.0 Å². The van der Waals surface area contributed by atoms with Gasteiger partial charge in [-0.1, -0.05) is 30.4 Å². The molecule has 0 radical (unpaired) electrons. The van der Waals surface area contributed by atoms with Crippen LogP contribution in [0.3, 0.4) is 0 Å². The molecule has 0 aliphatic carbocycles. The predicted octanol–water partition coefficient (Wildman–Crippen LogP) is 2.69. The Labute approximate surface area is 77.6 Å². The van der Waals surface area contributed by atoms with Gasteiger partial charge in [-0.2, -0.15) is 0 Å². The van der Waals surface area contributed by atoms with Crippen molar-refractivity contribution in [2.45, 2.75) is 6.42 Å². The average molecular weight is 173 g/mol. The Morgan fingerprint density at radius 3 is 2.62 bits per heavy atom. The molecule has 0 N–H and O–H groups in total. The van der Waals surface area contributed by atoms with E-state index in [2.05, 4.69) is 11.1 Å². The summed E-state index contributed by atoms with van der Waals surface area (Å²) in [7, 11) is 0. The van der Waals surface area contributed by atoms with Crippen LogP contribution in [0, 0.1) is 0 Å². The molecule has 0 unspecified atom stereocenters. The molecule has 0 aromatic heterocycles. The molecule has 0 fully saturated rings. The summed E-state index contributed by atoms with van der Waals surface area (Å²) in [5.41, 5.74) is 0.952. The number of ether oxygens (including phenoxy) is 1. The topological polar surface area (TPSA) is 21.6 Å². The van der Waals surface area contributed by atoms with E-state index in [0.29, 0.717) is 6.61 Å². The summed E-state index contributed by atoms with van der Waals surface area (Å²) in [4.78, 5) is 4.36. The maximum Gasteiger partial charge on any atom is 0.192 e. The molecule has 1 aliphatic rings. The molecule has 66 valence electrons. The van der Waals surface area contributed by atoms with Gasteiger partial charge in [0.2, 0.25) is 0 Å². The smallest absolute Gasteiger partial charge is 0.192 e. The van der Waals surface area contributed by atoms with E-state index in [4.69, 9.17) is 4.74 Å². The van der Waals surface area contributed by atoms with Gasteiger partial charge >= 0.3 is 0 Å². The highest BCUT2D eigenvalue weighted by atomic mass is 16.5. The molecule has 1 aliphatic heterocycles. The quantitative estimate of drug-likeness (QED) is 0.598. The lowest BCUT2D eigenvalue weighted by Crippen LogP contribution is -2.07. The highest BCUT2D eigenvalue weighted by molar-refractivity contribution is 5.81. The zero-order chi connectivity index (χ0) is 8.93. The van der Waals surface area contributed by atoms with Gasteiger partial charge in [0.15, 0.2) is 5.90 Å². The van der Waals surface area contributed by atoms with Crippen molar-refractivity contribution < 1.29 is 4.74 Å². The monoisotopic (exact) mass is 173 g/mol. The Balaban J connectivity index is 2.16. The standard InChI is InChI=1S/C11H11NO/c1-2-6-10(7-3-1)12-11-8-4-5-9-13-11/h1-7H,8-9H2. The number of hydrogen-bond donors (Lipinski definition) is 0. The molecule has 1 aromatic carbocycles. The first kappa shape index (κ1) is 8.05. The Hall–Kier alpha value is -1.57. The lowest BCUT2D eigenvalue weighted by molar-refractivity contribution is 0.336. The summed E-state index contributed by atoms with van der Waals surface area (Å²) in [5.74, 6) is 0.800. The third-order valence-electron chi connectivity index (χ3n) is 1.82. The fourth-order valence-corrected chi connectivity index (χ4v) is 1.18. The third kappa shape index (κ3) is 2.18. The van der Waals surface area contributed by atoms with Crippen LogP contribution in [0.2, 0.25) is 0 Å². The van der Waals surface area contributed by atoms with Gasteiger partial charge < -0.3 is 4.74 Å². The molecular weight excluding hydrogens is 162 g/mol. The summed E-state index contributed by atoms with van der Waals surface area (Å²) >= 11 is 0. The zero-order valence-corrected chi connectivity index (χ0v) is 7.31. The SMILES string of the molecule is C1=CCC(=Nc2ccccc2)OC1. The van der Waals surface area contributed by atoms with Crippen LogP contribution in [0.15, 0.2) is 47.5 Å². The maximum atomic E-state index is 5.35. The molecule has 13 heavy (non-hydrogen) atoms. The number of benzene rings is 1. The van der Waals surface area contributed by atoms with Crippen LogP contribution in [-0.4, -0.2) is 12.5 Å². The molecule has 0 saturated heterocycles. The van der Waals surface area contributed by atoms with Crippen molar-refractivity contribution in [1.29, 1.82) is 0 Å². The minimum atomic E-state index is 0.645. The largest absolute Gasteiger partial charge is 0.476 e. The fraction of sp³-hybridized carbons (Fsp3) is 0.182. The molecule has 0 amide bonds. The number of nitrogens with zero attached hydrogens (tertiary/aromatic N) is 1. The van der Waals surface area contributed by atoms with Crippen LogP contribution < -0.4 is 0 Å². The second kappa shape index (κ2) is 3.90. The first-order valence-electron chi connectivity index (χ1n) is 4.35. The number of hydrogen-bond acceptors (Lipinski definition) is 2. The third-order valence-corrected chi connectivity index (χ3v) is 1.82. The van der Waals surface area contributed by atoms with Crippen molar-refractivity contribution in [3.8, 4) is 0 Å². The van der Waals surface area contributed by atoms with E-state index < -0.39 is 0 Å². The van der Waals surface area contributed by atoms with Crippen LogP contribution in [0.1, 0.15) is 6.42 Å². The Morgan fingerprint density at radius 1 is 1.08 bits per heavy atom. The fourth-order valence-electron chi connectivity index (χ4n) is 1.18. The Morgan fingerprint density at radius 2 is 1.92 bits per heavy atom. The van der Waals surface area contributed by atoms with Crippen molar-refractivity contribution >= 4 is 11.6 Å². The van der Waals surface area contributed by atoms with Gasteiger partial charge in [0.25, 0.3) is 0 Å². The highest BCUT2D eigenvalue weighted by Gasteiger charge is 2.01. The molecule has 1 heterocycles. The molecule has 1 aromatic rings. The average Bonchev–Trinajstić information content (AvgIpc) is 2.21. The first-order chi connectivity index (χ1) is 6.45. The van der Waals surface area contributed by atoms with E-state index in [1.807, 2.05) is 36.4 Å². The molecular formula is C11H11NO. The molecule has 0 bridgehead atoms. The lowest BCUT2D eigenvalue weighted by Gasteiger charge is -2.09. The lowest BCUT2D eigenvalue weighted by atomic mass is 10.3. The summed E-state index contributed by atoms with van der Waals surface area (Å²) in [6, 6.07) is 9.85. The van der Waals surface area contributed by atoms with Gasteiger partial charge in [0.1, 0.15) is 6.61 Å². The highest BCUT2D eigenvalue weighted by Crippen LogP contribution is 2.12. The van der Waals surface area contributed by atoms with E-state index in [9.17, 15) is 0 Å². The first-order valence-corrected chi connectivity index (χ1v) is 4.35. The second-order valence-corrected chi connectivity index (χ2v) is 2.83. The van der Waals surface area contributed by atoms with Crippen LogP contribution in [0.5, 0.6) is 0 Å². The van der Waals surface area contributed by atoms with Gasteiger partial charge in [-0.25, -0.2) is 4.99 Å². The minimum absolute atomic E-state index is 0.645. The van der Waals surface area contributed by atoms with Crippen LogP contribution in [-0.2, 0) is 4.74 Å². The van der Waals surface area contributed by atoms with Gasteiger partial charge in [-0.05, 0) is 12.1 Å². The van der Waals surface area contributed by atoms with E-state index in [-0.39, 0.29) is 0 Å². The Bertz CT molecular complexity index is 327. The van der Waals surface area contributed by atoms with Crippen LogP contribution >= 0.6 is 0 Å². The van der Waals surface area contributed by atoms with Crippen molar-refractivity contribution in [2.24, 2.45) is 4.99 Å². The van der Waals surface area contributed by atoms with Crippen molar-refractivity contribution in [1.82, 2.24) is 0 Å². The zero-order valence-electron chi connectivity index (χ0n) is 7.31. The Kier molecular flexibility index (Phi) is 2.41. The van der Waals surface area contributed by atoms with Gasteiger partial charge in [-0.15, -0.1) is 0 Å². The van der Waals surface area contributed by atoms with E-state index in [1.54, 1.807) is 0 Å². The summed E-state index contributed by atoms with van der Waals surface area (Å²) in [5, 5.41) is 0. The molecule has 0 atom stereocenters. The summed E-state index contributed by atoms with van der Waals surface area (Å²) in [6.07, 6.45) is 4.88. The summed E-state index contributed by atoms with van der Waals surface area (Å²) in [6.45, 7) is 0.645. The second-order valence-electron chi connectivity index (χ2n) is 2.83. The number of aliphatic imine (C=N–C) groups is 1.